The van der Waals surface area contributed by atoms with Crippen LogP contribution in [-0.2, 0) is 22.5 Å². The standard InChI is InChI=1S/C23H22N2O5/c1-28-20-11-15-8-10-25(13-16(15)12-21(20)29-2)22(26)14-30-23(27)18-5-3-7-19-17(18)6-4-9-24-19/h3-7,9,11-12H,8,10,13-14H2,1-2H3. The Bertz CT molecular complexity index is 1110. The van der Waals surface area contributed by atoms with Crippen molar-refractivity contribution in [3.63, 3.8) is 0 Å². The second-order valence-electron chi connectivity index (χ2n) is 6.99. The van der Waals surface area contributed by atoms with Gasteiger partial charge in [-0.25, -0.2) is 4.79 Å². The normalized spacial score (nSPS) is 12.9. The van der Waals surface area contributed by atoms with Gasteiger partial charge < -0.3 is 19.1 Å². The number of esters is 1. The Morgan fingerprint density at radius 2 is 1.80 bits per heavy atom. The molecule has 0 bridgehead atoms. The van der Waals surface area contributed by atoms with Crippen molar-refractivity contribution in [3.05, 3.63) is 65.4 Å². The van der Waals surface area contributed by atoms with Gasteiger partial charge in [-0.2, -0.15) is 0 Å². The third-order valence-electron chi connectivity index (χ3n) is 5.26. The smallest absolute Gasteiger partial charge is 0.339 e. The summed E-state index contributed by atoms with van der Waals surface area (Å²) >= 11 is 0. The van der Waals surface area contributed by atoms with Gasteiger partial charge in [0, 0.05) is 24.7 Å². The zero-order valence-corrected chi connectivity index (χ0v) is 16.9. The topological polar surface area (TPSA) is 78.0 Å². The first-order valence-corrected chi connectivity index (χ1v) is 9.63. The first kappa shape index (κ1) is 19.7. The summed E-state index contributed by atoms with van der Waals surface area (Å²) in [4.78, 5) is 31.1. The summed E-state index contributed by atoms with van der Waals surface area (Å²) in [6.45, 7) is 0.680. The number of benzene rings is 2. The van der Waals surface area contributed by atoms with E-state index in [0.717, 1.165) is 11.1 Å². The van der Waals surface area contributed by atoms with Crippen molar-refractivity contribution in [2.24, 2.45) is 0 Å². The van der Waals surface area contributed by atoms with Crippen LogP contribution in [0.4, 0.5) is 0 Å². The van der Waals surface area contributed by atoms with Crippen LogP contribution in [0.2, 0.25) is 0 Å². The summed E-state index contributed by atoms with van der Waals surface area (Å²) < 4.78 is 16.0. The Morgan fingerprint density at radius 1 is 1.03 bits per heavy atom. The van der Waals surface area contributed by atoms with Crippen molar-refractivity contribution < 1.29 is 23.8 Å². The third-order valence-corrected chi connectivity index (χ3v) is 5.26. The van der Waals surface area contributed by atoms with E-state index in [2.05, 4.69) is 4.98 Å². The fraction of sp³-hybridized carbons (Fsp3) is 0.261. The average molecular weight is 406 g/mol. The van der Waals surface area contributed by atoms with Crippen LogP contribution in [0.25, 0.3) is 10.9 Å². The van der Waals surface area contributed by atoms with Crippen molar-refractivity contribution in [1.82, 2.24) is 9.88 Å². The second-order valence-corrected chi connectivity index (χ2v) is 6.99. The Balaban J connectivity index is 1.43. The quantitative estimate of drug-likeness (QED) is 0.606. The van der Waals surface area contributed by atoms with Crippen molar-refractivity contribution >= 4 is 22.8 Å². The lowest BCUT2D eigenvalue weighted by Crippen LogP contribution is -2.38. The minimum absolute atomic E-state index is 0.234. The molecule has 1 amide bonds. The molecule has 0 saturated carbocycles. The molecule has 0 atom stereocenters. The number of methoxy groups -OCH3 is 2. The predicted octanol–water partition coefficient (Wildman–Crippen LogP) is 2.99. The van der Waals surface area contributed by atoms with Gasteiger partial charge in [0.25, 0.3) is 5.91 Å². The van der Waals surface area contributed by atoms with E-state index in [4.69, 9.17) is 14.2 Å². The first-order chi connectivity index (χ1) is 14.6. The number of carbonyl (C=O) groups is 2. The molecule has 0 N–H and O–H groups in total. The molecule has 0 aliphatic carbocycles. The summed E-state index contributed by atoms with van der Waals surface area (Å²) in [7, 11) is 3.18. The van der Waals surface area contributed by atoms with Gasteiger partial charge >= 0.3 is 5.97 Å². The molecular formula is C23H22N2O5. The van der Waals surface area contributed by atoms with Crippen LogP contribution in [0.1, 0.15) is 21.5 Å². The highest BCUT2D eigenvalue weighted by Crippen LogP contribution is 2.33. The molecule has 1 aliphatic heterocycles. The van der Waals surface area contributed by atoms with Crippen molar-refractivity contribution in [2.45, 2.75) is 13.0 Å². The van der Waals surface area contributed by atoms with Crippen LogP contribution in [0.15, 0.2) is 48.7 Å². The highest BCUT2D eigenvalue weighted by atomic mass is 16.5. The summed E-state index contributed by atoms with van der Waals surface area (Å²) in [5.41, 5.74) is 3.22. The summed E-state index contributed by atoms with van der Waals surface area (Å²) in [5.74, 6) is 0.531. The lowest BCUT2D eigenvalue weighted by molar-refractivity contribution is -0.135. The number of aromatic nitrogens is 1. The van der Waals surface area contributed by atoms with E-state index in [0.29, 0.717) is 47.5 Å². The lowest BCUT2D eigenvalue weighted by Gasteiger charge is -2.29. The number of nitrogens with zero attached hydrogens (tertiary/aromatic N) is 2. The molecule has 30 heavy (non-hydrogen) atoms. The molecule has 0 fully saturated rings. The Hall–Kier alpha value is -3.61. The SMILES string of the molecule is COc1cc2c(cc1OC)CN(C(=O)COC(=O)c1cccc3ncccc13)CC2. The van der Waals surface area contributed by atoms with Crippen molar-refractivity contribution in [1.29, 1.82) is 0 Å². The van der Waals surface area contributed by atoms with Crippen LogP contribution < -0.4 is 9.47 Å². The second kappa shape index (κ2) is 8.41. The Kier molecular flexibility index (Phi) is 5.52. The van der Waals surface area contributed by atoms with Gasteiger partial charge in [0.15, 0.2) is 18.1 Å². The molecule has 2 heterocycles. The zero-order valence-electron chi connectivity index (χ0n) is 16.9. The Labute approximate surface area is 174 Å². The monoisotopic (exact) mass is 406 g/mol. The van der Waals surface area contributed by atoms with Crippen LogP contribution in [-0.4, -0.2) is 49.1 Å². The molecule has 0 radical (unpaired) electrons. The molecule has 154 valence electrons. The van der Waals surface area contributed by atoms with Crippen LogP contribution >= 0.6 is 0 Å². The van der Waals surface area contributed by atoms with Crippen molar-refractivity contribution in [2.75, 3.05) is 27.4 Å². The predicted molar refractivity (Wildman–Crippen MR) is 111 cm³/mol. The molecule has 0 saturated heterocycles. The van der Waals surface area contributed by atoms with Gasteiger partial charge in [0.2, 0.25) is 0 Å². The van der Waals surface area contributed by atoms with Crippen LogP contribution in [0, 0.1) is 0 Å². The average Bonchev–Trinajstić information content (AvgIpc) is 2.80. The number of hydrogen-bond acceptors (Lipinski definition) is 6. The van der Waals surface area contributed by atoms with Gasteiger partial charge in [-0.05, 0) is 47.9 Å². The number of fused-ring (bicyclic) bond motifs is 2. The van der Waals surface area contributed by atoms with E-state index in [-0.39, 0.29) is 12.5 Å². The lowest BCUT2D eigenvalue weighted by atomic mass is 9.99. The highest BCUT2D eigenvalue weighted by Gasteiger charge is 2.24. The summed E-state index contributed by atoms with van der Waals surface area (Å²) in [6, 6.07) is 12.7. The maximum absolute atomic E-state index is 12.7. The van der Waals surface area contributed by atoms with Gasteiger partial charge in [-0.15, -0.1) is 0 Å². The van der Waals surface area contributed by atoms with E-state index >= 15 is 0 Å². The minimum atomic E-state index is -0.536. The number of carbonyl (C=O) groups excluding carboxylic acids is 2. The highest BCUT2D eigenvalue weighted by molar-refractivity contribution is 6.03. The zero-order chi connectivity index (χ0) is 21.1. The molecular weight excluding hydrogens is 384 g/mol. The van der Waals surface area contributed by atoms with Gasteiger partial charge in [-0.3, -0.25) is 9.78 Å². The van der Waals surface area contributed by atoms with E-state index in [9.17, 15) is 9.59 Å². The Morgan fingerprint density at radius 3 is 2.57 bits per heavy atom. The molecule has 0 unspecified atom stereocenters. The van der Waals surface area contributed by atoms with Crippen molar-refractivity contribution in [3.8, 4) is 11.5 Å². The number of hydrogen-bond donors (Lipinski definition) is 0. The van der Waals surface area contributed by atoms with E-state index in [1.54, 1.807) is 43.5 Å². The number of amides is 1. The van der Waals surface area contributed by atoms with Gasteiger partial charge in [0.1, 0.15) is 0 Å². The number of rotatable bonds is 5. The van der Waals surface area contributed by atoms with Gasteiger partial charge in [0.05, 0.1) is 25.3 Å². The summed E-state index contributed by atoms with van der Waals surface area (Å²) in [5, 5.41) is 0.699. The summed E-state index contributed by atoms with van der Waals surface area (Å²) in [6.07, 6.45) is 2.37. The van der Waals surface area contributed by atoms with Crippen LogP contribution in [0.3, 0.4) is 0 Å². The number of ether oxygens (including phenoxy) is 3. The molecule has 0 spiro atoms. The minimum Gasteiger partial charge on any atom is -0.493 e. The molecule has 1 aromatic heterocycles. The van der Waals surface area contributed by atoms with E-state index < -0.39 is 5.97 Å². The van der Waals surface area contributed by atoms with Crippen LogP contribution in [0.5, 0.6) is 11.5 Å². The first-order valence-electron chi connectivity index (χ1n) is 9.63. The third kappa shape index (κ3) is 3.78. The van der Waals surface area contributed by atoms with E-state index in [1.807, 2.05) is 24.3 Å². The number of pyridine rings is 1. The molecule has 1 aliphatic rings. The van der Waals surface area contributed by atoms with Gasteiger partial charge in [-0.1, -0.05) is 12.1 Å². The fourth-order valence-corrected chi connectivity index (χ4v) is 3.67. The fourth-order valence-electron chi connectivity index (χ4n) is 3.67. The molecule has 4 rings (SSSR count). The molecule has 7 nitrogen and oxygen atoms in total. The maximum Gasteiger partial charge on any atom is 0.339 e. The molecule has 7 heteroatoms. The van der Waals surface area contributed by atoms with E-state index in [1.165, 1.54) is 0 Å². The molecule has 2 aromatic carbocycles. The largest absolute Gasteiger partial charge is 0.493 e. The maximum atomic E-state index is 12.7. The molecule has 3 aromatic rings.